The summed E-state index contributed by atoms with van der Waals surface area (Å²) in [5.41, 5.74) is 1.66. The van der Waals surface area contributed by atoms with Crippen LogP contribution in [-0.4, -0.2) is 25.2 Å². The molecule has 0 fully saturated rings. The Balaban J connectivity index is 0. The van der Waals surface area contributed by atoms with E-state index in [1.54, 1.807) is 6.92 Å². The average molecular weight is 739 g/mol. The molecule has 53 heavy (non-hydrogen) atoms. The van der Waals surface area contributed by atoms with Crippen LogP contribution in [0.15, 0.2) is 61.7 Å². The van der Waals surface area contributed by atoms with Crippen molar-refractivity contribution in [2.75, 3.05) is 13.2 Å². The number of carbonyl (C=O) groups excluding carboxylic acids is 2. The van der Waals surface area contributed by atoms with Gasteiger partial charge in [0.05, 0.1) is 13.2 Å². The largest absolute Gasteiger partial charge is 0.463 e. The lowest BCUT2D eigenvalue weighted by molar-refractivity contribution is -0.139. The van der Waals surface area contributed by atoms with Crippen LogP contribution in [0.25, 0.3) is 6.08 Å². The van der Waals surface area contributed by atoms with Gasteiger partial charge in [-0.15, -0.1) is 0 Å². The zero-order valence-corrected chi connectivity index (χ0v) is 35.4. The Labute approximate surface area is 330 Å². The Morgan fingerprint density at radius 2 is 0.792 bits per heavy atom. The lowest BCUT2D eigenvalue weighted by Crippen LogP contribution is -2.05. The molecule has 0 saturated heterocycles. The van der Waals surface area contributed by atoms with Crippen molar-refractivity contribution >= 4 is 18.0 Å². The standard InChI is InChI=1S/C25H48O2.C16H30O2.C8H8/c1-3-5-6-7-8-9-10-11-12-13-14-15-16-17-18-19-20-21-22-23-24-27-25(26)4-2;1-4-5-6-7-8-9-10-11-12-13-14-18-16(17)15(2)3;1-2-8-6-4-3-5-7-8/h4H,2-3,5-24H2,1H3;2,4-14H2,1,3H3;2-7H,1H2. The van der Waals surface area contributed by atoms with Gasteiger partial charge in [-0.25, -0.2) is 9.59 Å². The summed E-state index contributed by atoms with van der Waals surface area (Å²) in [5.74, 6) is -0.557. The van der Waals surface area contributed by atoms with Crippen molar-refractivity contribution in [2.45, 2.75) is 213 Å². The molecule has 1 aromatic carbocycles. The maximum atomic E-state index is 11.1. The molecular formula is C49H86O4. The van der Waals surface area contributed by atoms with Crippen molar-refractivity contribution in [3.05, 3.63) is 67.3 Å². The van der Waals surface area contributed by atoms with Gasteiger partial charge in [-0.3, -0.25) is 0 Å². The second kappa shape index (κ2) is 45.5. The van der Waals surface area contributed by atoms with E-state index in [0.717, 1.165) is 12.8 Å². The summed E-state index contributed by atoms with van der Waals surface area (Å²) in [4.78, 5) is 22.0. The molecule has 1 rings (SSSR count). The molecule has 306 valence electrons. The highest BCUT2D eigenvalue weighted by Gasteiger charge is 2.02. The van der Waals surface area contributed by atoms with E-state index < -0.39 is 0 Å². The second-order valence-electron chi connectivity index (χ2n) is 14.8. The Hall–Kier alpha value is -2.62. The van der Waals surface area contributed by atoms with Gasteiger partial charge >= 0.3 is 11.9 Å². The van der Waals surface area contributed by atoms with E-state index >= 15 is 0 Å². The van der Waals surface area contributed by atoms with E-state index in [9.17, 15) is 9.59 Å². The van der Waals surface area contributed by atoms with Gasteiger partial charge in [0.2, 0.25) is 0 Å². The Bertz CT molecular complexity index is 937. The summed E-state index contributed by atoms with van der Waals surface area (Å²) in [6, 6.07) is 10.0. The third-order valence-electron chi connectivity index (χ3n) is 9.52. The molecule has 0 amide bonds. The first-order chi connectivity index (χ1) is 25.9. The normalized spacial score (nSPS) is 10.3. The van der Waals surface area contributed by atoms with E-state index in [4.69, 9.17) is 9.47 Å². The molecule has 0 atom stereocenters. The Morgan fingerprint density at radius 1 is 0.491 bits per heavy atom. The van der Waals surface area contributed by atoms with Gasteiger partial charge in [0.1, 0.15) is 0 Å². The van der Waals surface area contributed by atoms with Gasteiger partial charge < -0.3 is 9.47 Å². The molecule has 0 radical (unpaired) electrons. The average Bonchev–Trinajstić information content (AvgIpc) is 3.18. The molecule has 0 unspecified atom stereocenters. The summed E-state index contributed by atoms with van der Waals surface area (Å²) >= 11 is 0. The predicted molar refractivity (Wildman–Crippen MR) is 233 cm³/mol. The highest BCUT2D eigenvalue weighted by atomic mass is 16.5. The van der Waals surface area contributed by atoms with Crippen LogP contribution in [0.5, 0.6) is 0 Å². The topological polar surface area (TPSA) is 52.6 Å². The van der Waals surface area contributed by atoms with Gasteiger partial charge in [-0.1, -0.05) is 250 Å². The molecule has 0 heterocycles. The van der Waals surface area contributed by atoms with Gasteiger partial charge in [0.15, 0.2) is 0 Å². The van der Waals surface area contributed by atoms with Gasteiger partial charge in [0.25, 0.3) is 0 Å². The van der Waals surface area contributed by atoms with Gasteiger partial charge in [-0.2, -0.15) is 0 Å². The Kier molecular flexibility index (Phi) is 45.1. The number of ether oxygens (including phenoxy) is 2. The number of benzene rings is 1. The van der Waals surface area contributed by atoms with E-state index in [2.05, 4.69) is 33.6 Å². The van der Waals surface area contributed by atoms with Crippen LogP contribution in [0.4, 0.5) is 0 Å². The number of unbranched alkanes of at least 4 members (excludes halogenated alkanes) is 28. The predicted octanol–water partition coefficient (Wildman–Crippen LogP) is 15.9. The van der Waals surface area contributed by atoms with Crippen molar-refractivity contribution in [1.82, 2.24) is 0 Å². The van der Waals surface area contributed by atoms with Crippen LogP contribution in [0.3, 0.4) is 0 Å². The van der Waals surface area contributed by atoms with Crippen molar-refractivity contribution in [2.24, 2.45) is 0 Å². The lowest BCUT2D eigenvalue weighted by atomic mass is 10.0. The van der Waals surface area contributed by atoms with Gasteiger partial charge in [0, 0.05) is 11.6 Å². The highest BCUT2D eigenvalue weighted by molar-refractivity contribution is 5.86. The molecule has 1 aromatic rings. The van der Waals surface area contributed by atoms with Crippen molar-refractivity contribution in [1.29, 1.82) is 0 Å². The molecule has 0 aliphatic carbocycles. The second-order valence-corrected chi connectivity index (χ2v) is 14.8. The summed E-state index contributed by atoms with van der Waals surface area (Å²) in [5, 5.41) is 0. The minimum Gasteiger partial charge on any atom is -0.463 e. The van der Waals surface area contributed by atoms with E-state index in [0.29, 0.717) is 18.8 Å². The first-order valence-electron chi connectivity index (χ1n) is 22.2. The van der Waals surface area contributed by atoms with Crippen LogP contribution in [0.1, 0.15) is 219 Å². The molecule has 0 aliphatic rings. The van der Waals surface area contributed by atoms with E-state index in [-0.39, 0.29) is 11.9 Å². The fourth-order valence-corrected chi connectivity index (χ4v) is 6.06. The number of esters is 2. The number of hydrogen-bond donors (Lipinski definition) is 0. The third kappa shape index (κ3) is 45.5. The third-order valence-corrected chi connectivity index (χ3v) is 9.52. The van der Waals surface area contributed by atoms with Crippen LogP contribution >= 0.6 is 0 Å². The number of rotatable bonds is 35. The van der Waals surface area contributed by atoms with Crippen molar-refractivity contribution in [3.8, 4) is 0 Å². The van der Waals surface area contributed by atoms with E-state index in [1.807, 2.05) is 36.4 Å². The summed E-state index contributed by atoms with van der Waals surface area (Å²) in [6.07, 6.45) is 43.7. The van der Waals surface area contributed by atoms with E-state index in [1.165, 1.54) is 191 Å². The van der Waals surface area contributed by atoms with Crippen LogP contribution in [0.2, 0.25) is 0 Å². The maximum absolute atomic E-state index is 11.1. The lowest BCUT2D eigenvalue weighted by Gasteiger charge is -2.04. The van der Waals surface area contributed by atoms with Gasteiger partial charge in [-0.05, 0) is 25.3 Å². The quantitative estimate of drug-likeness (QED) is 0.0395. The molecular weight excluding hydrogens is 653 g/mol. The first-order valence-corrected chi connectivity index (χ1v) is 22.2. The van der Waals surface area contributed by atoms with Crippen molar-refractivity contribution in [3.63, 3.8) is 0 Å². The fourth-order valence-electron chi connectivity index (χ4n) is 6.06. The monoisotopic (exact) mass is 739 g/mol. The molecule has 4 heteroatoms. The Morgan fingerprint density at radius 3 is 1.06 bits per heavy atom. The number of carbonyl (C=O) groups is 2. The minimum absolute atomic E-state index is 0.258. The maximum Gasteiger partial charge on any atom is 0.333 e. The fraction of sp³-hybridized carbons (Fsp3) is 0.714. The molecule has 0 bridgehead atoms. The number of hydrogen-bond acceptors (Lipinski definition) is 4. The highest BCUT2D eigenvalue weighted by Crippen LogP contribution is 2.15. The molecule has 0 spiro atoms. The molecule has 0 saturated carbocycles. The molecule has 4 nitrogen and oxygen atoms in total. The van der Waals surface area contributed by atoms with Crippen LogP contribution in [0, 0.1) is 0 Å². The SMILES string of the molecule is C=C(C)C(=O)OCCCCCCCCCCCC.C=CC(=O)OCCCCCCCCCCCCCCCCCCCCCC.C=Cc1ccccc1. The molecule has 0 aliphatic heterocycles. The zero-order chi connectivity index (χ0) is 39.3. The first kappa shape index (κ1) is 52.5. The summed E-state index contributed by atoms with van der Waals surface area (Å²) in [7, 11) is 0. The van der Waals surface area contributed by atoms with Crippen molar-refractivity contribution < 1.29 is 19.1 Å². The minimum atomic E-state index is -0.298. The summed E-state index contributed by atoms with van der Waals surface area (Å²) < 4.78 is 10.0. The van der Waals surface area contributed by atoms with Crippen LogP contribution in [-0.2, 0) is 19.1 Å². The zero-order valence-electron chi connectivity index (χ0n) is 35.4. The molecule has 0 aromatic heterocycles. The summed E-state index contributed by atoms with van der Waals surface area (Å²) in [6.45, 7) is 17.9. The smallest absolute Gasteiger partial charge is 0.333 e. The molecule has 0 N–H and O–H groups in total. The van der Waals surface area contributed by atoms with Crippen LogP contribution < -0.4 is 0 Å².